The van der Waals surface area contributed by atoms with E-state index < -0.39 is 5.56 Å². The molecule has 0 aromatic carbocycles. The Labute approximate surface area is 205 Å². The summed E-state index contributed by atoms with van der Waals surface area (Å²) in [6.45, 7) is 1.42. The fraction of sp³-hybridized carbons (Fsp3) is 0.250. The van der Waals surface area contributed by atoms with Gasteiger partial charge >= 0.3 is 0 Å². The molecule has 0 radical (unpaired) electrons. The summed E-state index contributed by atoms with van der Waals surface area (Å²) in [4.78, 5) is 56.0. The van der Waals surface area contributed by atoms with Gasteiger partial charge in [-0.3, -0.25) is 19.4 Å². The predicted molar refractivity (Wildman–Crippen MR) is 132 cm³/mol. The molecule has 2 amide bonds. The van der Waals surface area contributed by atoms with Gasteiger partial charge in [-0.05, 0) is 36.6 Å². The molecule has 2 N–H and O–H groups in total. The van der Waals surface area contributed by atoms with Crippen molar-refractivity contribution in [1.82, 2.24) is 24.8 Å². The van der Waals surface area contributed by atoms with Crippen LogP contribution in [0.25, 0.3) is 5.57 Å². The lowest BCUT2D eigenvalue weighted by Crippen LogP contribution is -2.38. The number of pyridine rings is 2. The molecule has 5 heterocycles. The lowest BCUT2D eigenvalue weighted by atomic mass is 10.1. The molecule has 1 fully saturated rings. The standard InChI is InChI=1S/C24H22ClN7O3/c25-19-13-28-24(29-16-10-17(12-26-11-16)32-9-3-6-20(32)33)30-21(19)15-4-2-8-31(14-15)23(35)18-5-1-7-27-22(18)34/h1,4-5,7,10-13H,2-3,6,8-9,14H2,(H,27,34)(H,28,29,30). The van der Waals surface area contributed by atoms with Crippen LogP contribution in [0.15, 0.2) is 53.9 Å². The van der Waals surface area contributed by atoms with Crippen LogP contribution in [0.1, 0.15) is 35.3 Å². The molecule has 3 aromatic rings. The van der Waals surface area contributed by atoms with E-state index in [0.29, 0.717) is 54.0 Å². The summed E-state index contributed by atoms with van der Waals surface area (Å²) in [6, 6.07) is 4.96. The highest BCUT2D eigenvalue weighted by molar-refractivity contribution is 6.32. The van der Waals surface area contributed by atoms with E-state index in [0.717, 1.165) is 12.0 Å². The van der Waals surface area contributed by atoms with Gasteiger partial charge < -0.3 is 20.1 Å². The number of amides is 2. The lowest BCUT2D eigenvalue weighted by Gasteiger charge is -2.27. The van der Waals surface area contributed by atoms with Crippen LogP contribution in [0, 0.1) is 0 Å². The molecule has 2 aliphatic heterocycles. The molecule has 0 saturated carbocycles. The van der Waals surface area contributed by atoms with Crippen molar-refractivity contribution in [3.8, 4) is 0 Å². The van der Waals surface area contributed by atoms with Gasteiger partial charge in [-0.25, -0.2) is 9.97 Å². The lowest BCUT2D eigenvalue weighted by molar-refractivity contribution is -0.117. The number of nitrogens with one attached hydrogen (secondary N) is 2. The monoisotopic (exact) mass is 491 g/mol. The Morgan fingerprint density at radius 1 is 1.17 bits per heavy atom. The maximum atomic E-state index is 12.9. The van der Waals surface area contributed by atoms with Gasteiger partial charge in [0.15, 0.2) is 0 Å². The second kappa shape index (κ2) is 9.67. The van der Waals surface area contributed by atoms with Gasteiger partial charge in [0.2, 0.25) is 11.9 Å². The van der Waals surface area contributed by atoms with Crippen molar-refractivity contribution < 1.29 is 9.59 Å². The van der Waals surface area contributed by atoms with Gasteiger partial charge in [0.25, 0.3) is 11.5 Å². The molecule has 0 aliphatic carbocycles. The van der Waals surface area contributed by atoms with Crippen LogP contribution in [-0.2, 0) is 4.79 Å². The average Bonchev–Trinajstić information content (AvgIpc) is 3.31. The SMILES string of the molecule is O=C(c1ccc[nH]c1=O)N1CCC=C(c2nc(Nc3cncc(N4CCCC4=O)c3)ncc2Cl)C1. The summed E-state index contributed by atoms with van der Waals surface area (Å²) in [5.41, 5.74) is 2.28. The summed E-state index contributed by atoms with van der Waals surface area (Å²) in [5, 5.41) is 3.47. The number of carbonyl (C=O) groups excluding carboxylic acids is 2. The normalized spacial score (nSPS) is 15.8. The van der Waals surface area contributed by atoms with E-state index in [1.807, 2.05) is 12.1 Å². The summed E-state index contributed by atoms with van der Waals surface area (Å²) < 4.78 is 0. The molecule has 5 rings (SSSR count). The Morgan fingerprint density at radius 3 is 2.86 bits per heavy atom. The van der Waals surface area contributed by atoms with Crippen LogP contribution >= 0.6 is 11.6 Å². The van der Waals surface area contributed by atoms with Crippen molar-refractivity contribution in [1.29, 1.82) is 0 Å². The third kappa shape index (κ3) is 4.78. The van der Waals surface area contributed by atoms with Crippen molar-refractivity contribution in [3.63, 3.8) is 0 Å². The quantitative estimate of drug-likeness (QED) is 0.562. The molecular weight excluding hydrogens is 470 g/mol. The number of hydrogen-bond donors (Lipinski definition) is 2. The van der Waals surface area contributed by atoms with Crippen LogP contribution in [-0.4, -0.2) is 56.3 Å². The van der Waals surface area contributed by atoms with Gasteiger partial charge in [-0.15, -0.1) is 0 Å². The third-order valence-corrected chi connectivity index (χ3v) is 6.18. The van der Waals surface area contributed by atoms with Crippen molar-refractivity contribution in [2.75, 3.05) is 29.9 Å². The summed E-state index contributed by atoms with van der Waals surface area (Å²) in [7, 11) is 0. The van der Waals surface area contributed by atoms with Gasteiger partial charge in [0, 0.05) is 32.3 Å². The molecule has 3 aromatic heterocycles. The van der Waals surface area contributed by atoms with E-state index in [1.54, 1.807) is 28.3 Å². The van der Waals surface area contributed by atoms with Crippen LogP contribution in [0.5, 0.6) is 0 Å². The second-order valence-electron chi connectivity index (χ2n) is 8.25. The molecule has 35 heavy (non-hydrogen) atoms. The number of aromatic nitrogens is 4. The molecule has 2 aliphatic rings. The minimum atomic E-state index is -0.424. The highest BCUT2D eigenvalue weighted by Crippen LogP contribution is 2.28. The van der Waals surface area contributed by atoms with Gasteiger partial charge in [0.05, 0.1) is 40.7 Å². The predicted octanol–water partition coefficient (Wildman–Crippen LogP) is 3.01. The largest absolute Gasteiger partial charge is 0.334 e. The zero-order valence-corrected chi connectivity index (χ0v) is 19.5. The first-order valence-corrected chi connectivity index (χ1v) is 11.6. The number of carbonyl (C=O) groups is 2. The Balaban J connectivity index is 1.36. The molecule has 1 saturated heterocycles. The minimum absolute atomic E-state index is 0.0785. The number of H-pyrrole nitrogens is 1. The molecule has 0 unspecified atom stereocenters. The minimum Gasteiger partial charge on any atom is -0.334 e. The van der Waals surface area contributed by atoms with E-state index in [1.165, 1.54) is 18.5 Å². The Kier molecular flexibility index (Phi) is 6.28. The average molecular weight is 492 g/mol. The highest BCUT2D eigenvalue weighted by Gasteiger charge is 2.25. The molecular formula is C24H22ClN7O3. The highest BCUT2D eigenvalue weighted by atomic mass is 35.5. The van der Waals surface area contributed by atoms with E-state index in [9.17, 15) is 14.4 Å². The van der Waals surface area contributed by atoms with E-state index >= 15 is 0 Å². The van der Waals surface area contributed by atoms with E-state index in [4.69, 9.17) is 11.6 Å². The maximum absolute atomic E-state index is 12.9. The van der Waals surface area contributed by atoms with Crippen molar-refractivity contribution in [2.24, 2.45) is 0 Å². The molecule has 0 atom stereocenters. The number of aromatic amines is 1. The second-order valence-corrected chi connectivity index (χ2v) is 8.66. The number of rotatable bonds is 5. The number of halogens is 1. The zero-order chi connectivity index (χ0) is 24.4. The number of anilines is 3. The Morgan fingerprint density at radius 2 is 2.06 bits per heavy atom. The maximum Gasteiger partial charge on any atom is 0.260 e. The first-order chi connectivity index (χ1) is 17.0. The van der Waals surface area contributed by atoms with Crippen molar-refractivity contribution >= 4 is 46.3 Å². The fourth-order valence-electron chi connectivity index (χ4n) is 4.20. The first kappa shape index (κ1) is 22.7. The van der Waals surface area contributed by atoms with E-state index in [-0.39, 0.29) is 23.9 Å². The van der Waals surface area contributed by atoms with Gasteiger partial charge in [-0.2, -0.15) is 0 Å². The first-order valence-electron chi connectivity index (χ1n) is 11.2. The molecule has 11 heteroatoms. The van der Waals surface area contributed by atoms with Gasteiger partial charge in [0.1, 0.15) is 5.56 Å². The van der Waals surface area contributed by atoms with Crippen LogP contribution < -0.4 is 15.8 Å². The topological polar surface area (TPSA) is 124 Å². The molecule has 0 spiro atoms. The third-order valence-electron chi connectivity index (χ3n) is 5.90. The van der Waals surface area contributed by atoms with E-state index in [2.05, 4.69) is 25.3 Å². The Hall–Kier alpha value is -4.05. The molecule has 178 valence electrons. The van der Waals surface area contributed by atoms with Crippen molar-refractivity contribution in [2.45, 2.75) is 19.3 Å². The fourth-order valence-corrected chi connectivity index (χ4v) is 4.41. The molecule has 0 bridgehead atoms. The Bertz CT molecular complexity index is 1390. The molecule has 10 nitrogen and oxygen atoms in total. The zero-order valence-electron chi connectivity index (χ0n) is 18.7. The summed E-state index contributed by atoms with van der Waals surface area (Å²) in [6.07, 6.45) is 10.2. The van der Waals surface area contributed by atoms with Crippen LogP contribution in [0.3, 0.4) is 0 Å². The van der Waals surface area contributed by atoms with Crippen molar-refractivity contribution in [3.05, 3.63) is 75.7 Å². The smallest absolute Gasteiger partial charge is 0.260 e. The summed E-state index contributed by atoms with van der Waals surface area (Å²) >= 11 is 6.42. The van der Waals surface area contributed by atoms with Crippen LogP contribution in [0.2, 0.25) is 5.02 Å². The van der Waals surface area contributed by atoms with Crippen LogP contribution in [0.4, 0.5) is 17.3 Å². The number of hydrogen-bond acceptors (Lipinski definition) is 7. The van der Waals surface area contributed by atoms with Gasteiger partial charge in [-0.1, -0.05) is 17.7 Å². The summed E-state index contributed by atoms with van der Waals surface area (Å²) in [5.74, 6) is 0.0371. The number of nitrogens with zero attached hydrogens (tertiary/aromatic N) is 5.